The molecule has 0 amide bonds. The molecule has 1 rings (SSSR count). The highest BCUT2D eigenvalue weighted by Crippen LogP contribution is 2.37. The molecule has 118 valence electrons. The molecule has 6 nitrogen and oxygen atoms in total. The van der Waals surface area contributed by atoms with E-state index in [-0.39, 0.29) is 23.0 Å². The third-order valence-corrected chi connectivity index (χ3v) is 4.11. The van der Waals surface area contributed by atoms with E-state index in [0.717, 1.165) is 6.54 Å². The Balaban J connectivity index is 3.12. The van der Waals surface area contributed by atoms with E-state index in [0.29, 0.717) is 16.4 Å². The van der Waals surface area contributed by atoms with Crippen LogP contribution in [-0.2, 0) is 4.74 Å². The monoisotopic (exact) mass is 313 g/mol. The van der Waals surface area contributed by atoms with E-state index in [9.17, 15) is 9.59 Å². The number of likely N-dealkylation sites (N-methyl/N-ethyl adjacent to an activating group) is 1. The number of Topliss-reactive ketones (excluding diaryl/α,β-unsaturated/α-hetero) is 1. The number of thiophene rings is 1. The number of esters is 1. The van der Waals surface area contributed by atoms with Gasteiger partial charge in [-0.05, 0) is 14.1 Å². The van der Waals surface area contributed by atoms with Crippen LogP contribution in [0.4, 0.5) is 10.7 Å². The standard InChI is InChI=1S/C14H23N3O3S/c1-8(2)11(18)12-10(15)9(14(19)20-5)13(21-12)16-6-7-17(3)4/h8,16H,6-7,15H2,1-5H3. The summed E-state index contributed by atoms with van der Waals surface area (Å²) in [4.78, 5) is 26.5. The topological polar surface area (TPSA) is 84.7 Å². The van der Waals surface area contributed by atoms with Gasteiger partial charge < -0.3 is 20.7 Å². The molecule has 0 radical (unpaired) electrons. The highest BCUT2D eigenvalue weighted by atomic mass is 32.1. The van der Waals surface area contributed by atoms with Crippen molar-refractivity contribution in [2.45, 2.75) is 13.8 Å². The molecule has 0 aliphatic carbocycles. The van der Waals surface area contributed by atoms with E-state index in [1.165, 1.54) is 18.4 Å². The quantitative estimate of drug-likeness (QED) is 0.591. The Hall–Kier alpha value is -1.60. The summed E-state index contributed by atoms with van der Waals surface area (Å²) in [5.41, 5.74) is 6.45. The molecular formula is C14H23N3O3S. The smallest absolute Gasteiger partial charge is 0.343 e. The van der Waals surface area contributed by atoms with Crippen molar-refractivity contribution in [3.8, 4) is 0 Å². The number of rotatable bonds is 7. The second kappa shape index (κ2) is 7.42. The van der Waals surface area contributed by atoms with Crippen LogP contribution in [0.3, 0.4) is 0 Å². The van der Waals surface area contributed by atoms with Crippen LogP contribution in [0.5, 0.6) is 0 Å². The Labute approximate surface area is 129 Å². The van der Waals surface area contributed by atoms with Crippen LogP contribution in [0.2, 0.25) is 0 Å². The summed E-state index contributed by atoms with van der Waals surface area (Å²) in [6.07, 6.45) is 0. The summed E-state index contributed by atoms with van der Waals surface area (Å²) in [7, 11) is 5.21. The molecule has 0 bridgehead atoms. The lowest BCUT2D eigenvalue weighted by Gasteiger charge is -2.11. The van der Waals surface area contributed by atoms with Gasteiger partial charge in [-0.2, -0.15) is 0 Å². The number of carbonyl (C=O) groups excluding carboxylic acids is 2. The zero-order valence-electron chi connectivity index (χ0n) is 13.1. The van der Waals surface area contributed by atoms with Crippen molar-refractivity contribution >= 4 is 33.8 Å². The molecule has 1 aromatic heterocycles. The maximum absolute atomic E-state index is 12.2. The van der Waals surface area contributed by atoms with Gasteiger partial charge in [-0.25, -0.2) is 4.79 Å². The Morgan fingerprint density at radius 3 is 2.48 bits per heavy atom. The molecule has 7 heteroatoms. The molecule has 0 fully saturated rings. The van der Waals surface area contributed by atoms with Gasteiger partial charge in [0.1, 0.15) is 10.6 Å². The van der Waals surface area contributed by atoms with Crippen molar-refractivity contribution < 1.29 is 14.3 Å². The SMILES string of the molecule is COC(=O)c1c(NCCN(C)C)sc(C(=O)C(C)C)c1N. The lowest BCUT2D eigenvalue weighted by atomic mass is 10.1. The molecule has 0 aromatic carbocycles. The first-order valence-electron chi connectivity index (χ1n) is 6.73. The zero-order valence-corrected chi connectivity index (χ0v) is 14.0. The number of anilines is 2. The van der Waals surface area contributed by atoms with Gasteiger partial charge >= 0.3 is 5.97 Å². The summed E-state index contributed by atoms with van der Waals surface area (Å²) >= 11 is 1.21. The third kappa shape index (κ3) is 4.18. The minimum atomic E-state index is -0.529. The van der Waals surface area contributed by atoms with E-state index in [1.807, 2.05) is 19.0 Å². The molecule has 0 unspecified atom stereocenters. The molecule has 0 spiro atoms. The van der Waals surface area contributed by atoms with E-state index >= 15 is 0 Å². The molecule has 0 aliphatic rings. The van der Waals surface area contributed by atoms with Gasteiger partial charge in [-0.15, -0.1) is 11.3 Å². The van der Waals surface area contributed by atoms with Crippen LogP contribution in [0, 0.1) is 5.92 Å². The van der Waals surface area contributed by atoms with Crippen molar-refractivity contribution in [2.75, 3.05) is 45.3 Å². The molecule has 0 atom stereocenters. The average molecular weight is 313 g/mol. The Morgan fingerprint density at radius 2 is 2.00 bits per heavy atom. The van der Waals surface area contributed by atoms with Crippen LogP contribution in [-0.4, -0.2) is 50.9 Å². The van der Waals surface area contributed by atoms with Gasteiger partial charge in [-0.3, -0.25) is 4.79 Å². The van der Waals surface area contributed by atoms with Crippen LogP contribution < -0.4 is 11.1 Å². The fourth-order valence-electron chi connectivity index (χ4n) is 1.71. The summed E-state index contributed by atoms with van der Waals surface area (Å²) < 4.78 is 4.76. The second-order valence-corrected chi connectivity index (χ2v) is 6.31. The van der Waals surface area contributed by atoms with Crippen LogP contribution in [0.1, 0.15) is 33.9 Å². The molecular weight excluding hydrogens is 290 g/mol. The van der Waals surface area contributed by atoms with Gasteiger partial charge in [0.2, 0.25) is 0 Å². The molecule has 1 aromatic rings. The molecule has 0 aliphatic heterocycles. The summed E-state index contributed by atoms with van der Waals surface area (Å²) in [6, 6.07) is 0. The number of hydrogen-bond donors (Lipinski definition) is 2. The molecule has 1 heterocycles. The fourth-order valence-corrected chi connectivity index (χ4v) is 2.93. The number of ether oxygens (including phenoxy) is 1. The predicted molar refractivity (Wildman–Crippen MR) is 86.3 cm³/mol. The summed E-state index contributed by atoms with van der Waals surface area (Å²) in [5.74, 6) is -0.770. The van der Waals surface area contributed by atoms with Crippen LogP contribution in [0.15, 0.2) is 0 Å². The molecule has 0 saturated carbocycles. The van der Waals surface area contributed by atoms with Crippen LogP contribution >= 0.6 is 11.3 Å². The number of carbonyl (C=O) groups is 2. The average Bonchev–Trinajstić information content (AvgIpc) is 2.73. The predicted octanol–water partition coefficient (Wildman–Crippen LogP) is 1.93. The Bertz CT molecular complexity index is 524. The van der Waals surface area contributed by atoms with Gasteiger partial charge in [0.25, 0.3) is 0 Å². The van der Waals surface area contributed by atoms with E-state index < -0.39 is 5.97 Å². The highest BCUT2D eigenvalue weighted by Gasteiger charge is 2.27. The van der Waals surface area contributed by atoms with Crippen molar-refractivity contribution in [3.05, 3.63) is 10.4 Å². The van der Waals surface area contributed by atoms with E-state index in [4.69, 9.17) is 10.5 Å². The third-order valence-electron chi connectivity index (χ3n) is 2.93. The van der Waals surface area contributed by atoms with Gasteiger partial charge in [0, 0.05) is 19.0 Å². The second-order valence-electron chi connectivity index (χ2n) is 5.29. The van der Waals surface area contributed by atoms with Crippen molar-refractivity contribution in [1.29, 1.82) is 0 Å². The van der Waals surface area contributed by atoms with Crippen LogP contribution in [0.25, 0.3) is 0 Å². The first kappa shape index (κ1) is 17.5. The lowest BCUT2D eigenvalue weighted by Crippen LogP contribution is -2.21. The Morgan fingerprint density at radius 1 is 1.38 bits per heavy atom. The van der Waals surface area contributed by atoms with Gasteiger partial charge in [-0.1, -0.05) is 13.8 Å². The minimum Gasteiger partial charge on any atom is -0.465 e. The number of nitrogens with zero attached hydrogens (tertiary/aromatic N) is 1. The largest absolute Gasteiger partial charge is 0.465 e. The number of nitrogens with two attached hydrogens (primary N) is 1. The van der Waals surface area contributed by atoms with Crippen molar-refractivity contribution in [3.63, 3.8) is 0 Å². The summed E-state index contributed by atoms with van der Waals surface area (Å²) in [5, 5.41) is 3.75. The maximum atomic E-state index is 12.2. The van der Waals surface area contributed by atoms with E-state index in [2.05, 4.69) is 5.32 Å². The van der Waals surface area contributed by atoms with Gasteiger partial charge in [0.05, 0.1) is 17.7 Å². The zero-order chi connectivity index (χ0) is 16.2. The Kier molecular flexibility index (Phi) is 6.17. The molecule has 21 heavy (non-hydrogen) atoms. The number of hydrogen-bond acceptors (Lipinski definition) is 7. The number of nitrogen functional groups attached to an aromatic ring is 1. The van der Waals surface area contributed by atoms with Crippen molar-refractivity contribution in [2.24, 2.45) is 5.92 Å². The van der Waals surface area contributed by atoms with Crippen molar-refractivity contribution in [1.82, 2.24) is 4.90 Å². The highest BCUT2D eigenvalue weighted by molar-refractivity contribution is 7.19. The number of ketones is 1. The first-order chi connectivity index (χ1) is 9.79. The maximum Gasteiger partial charge on any atom is 0.343 e. The van der Waals surface area contributed by atoms with Gasteiger partial charge in [0.15, 0.2) is 5.78 Å². The first-order valence-corrected chi connectivity index (χ1v) is 7.54. The fraction of sp³-hybridized carbons (Fsp3) is 0.571. The molecule has 3 N–H and O–H groups in total. The number of methoxy groups -OCH3 is 1. The normalized spacial score (nSPS) is 11.0. The number of nitrogens with one attached hydrogen (secondary N) is 1. The minimum absolute atomic E-state index is 0.0664. The lowest BCUT2D eigenvalue weighted by molar-refractivity contribution is 0.0603. The summed E-state index contributed by atoms with van der Waals surface area (Å²) in [6.45, 7) is 5.05. The van der Waals surface area contributed by atoms with E-state index in [1.54, 1.807) is 13.8 Å². The molecule has 0 saturated heterocycles.